The van der Waals surface area contributed by atoms with Gasteiger partial charge in [0.15, 0.2) is 11.6 Å². The van der Waals surface area contributed by atoms with Crippen LogP contribution in [0.1, 0.15) is 36.2 Å². The van der Waals surface area contributed by atoms with Gasteiger partial charge in [-0.2, -0.15) is 0 Å². The number of carbonyl (C=O) groups is 1. The van der Waals surface area contributed by atoms with Crippen LogP contribution in [-0.4, -0.2) is 24.0 Å². The highest BCUT2D eigenvalue weighted by molar-refractivity contribution is 6.34. The van der Waals surface area contributed by atoms with Crippen molar-refractivity contribution in [3.63, 3.8) is 0 Å². The van der Waals surface area contributed by atoms with E-state index in [2.05, 4.69) is 15.6 Å². The molecule has 1 amide bonds. The molecule has 0 spiro atoms. The lowest BCUT2D eigenvalue weighted by molar-refractivity contribution is 0.0951. The fraction of sp³-hybridized carbons (Fsp3) is 0.333. The van der Waals surface area contributed by atoms with E-state index < -0.39 is 5.82 Å². The van der Waals surface area contributed by atoms with Gasteiger partial charge in [0.1, 0.15) is 11.4 Å². The van der Waals surface area contributed by atoms with Gasteiger partial charge in [0.25, 0.3) is 5.91 Å². The zero-order valence-electron chi connectivity index (χ0n) is 14.4. The number of amides is 1. The first-order valence-corrected chi connectivity index (χ1v) is 8.35. The van der Waals surface area contributed by atoms with Crippen LogP contribution < -0.4 is 15.4 Å². The monoisotopic (exact) mass is 365 g/mol. The molecule has 1 aromatic heterocycles. The standard InChI is InChI=1S/C18H21ClFN3O2/c1-4-11(2)23-17-16(13(19)7-8-21-17)18(24)22-10-12-5-6-15(25-3)14(20)9-12/h5-9,11H,4,10H2,1-3H3,(H,21,23)(H,22,24). The Balaban J connectivity index is 2.14. The number of rotatable bonds is 7. The van der Waals surface area contributed by atoms with Gasteiger partial charge < -0.3 is 15.4 Å². The summed E-state index contributed by atoms with van der Waals surface area (Å²) >= 11 is 6.18. The van der Waals surface area contributed by atoms with Crippen LogP contribution in [0, 0.1) is 5.82 Å². The van der Waals surface area contributed by atoms with E-state index in [0.29, 0.717) is 16.4 Å². The maximum absolute atomic E-state index is 13.7. The Morgan fingerprint density at radius 1 is 1.40 bits per heavy atom. The first-order valence-electron chi connectivity index (χ1n) is 7.97. The van der Waals surface area contributed by atoms with Crippen LogP contribution in [0.15, 0.2) is 30.5 Å². The van der Waals surface area contributed by atoms with E-state index in [1.807, 2.05) is 13.8 Å². The topological polar surface area (TPSA) is 63.2 Å². The minimum Gasteiger partial charge on any atom is -0.494 e. The fourth-order valence-corrected chi connectivity index (χ4v) is 2.42. The summed E-state index contributed by atoms with van der Waals surface area (Å²) in [6.45, 7) is 4.18. The molecule has 0 aliphatic heterocycles. The Morgan fingerprint density at radius 2 is 2.16 bits per heavy atom. The number of nitrogens with one attached hydrogen (secondary N) is 2. The van der Waals surface area contributed by atoms with Crippen LogP contribution in [0.5, 0.6) is 5.75 Å². The van der Waals surface area contributed by atoms with Crippen LogP contribution >= 0.6 is 11.6 Å². The molecule has 0 aliphatic carbocycles. The van der Waals surface area contributed by atoms with Crippen LogP contribution in [-0.2, 0) is 6.54 Å². The third-order valence-corrected chi connectivity index (χ3v) is 4.11. The zero-order chi connectivity index (χ0) is 18.4. The minimum absolute atomic E-state index is 0.146. The number of halogens is 2. The summed E-state index contributed by atoms with van der Waals surface area (Å²) in [5.41, 5.74) is 0.890. The van der Waals surface area contributed by atoms with E-state index in [4.69, 9.17) is 16.3 Å². The number of aromatic nitrogens is 1. The quantitative estimate of drug-likeness (QED) is 0.777. The zero-order valence-corrected chi connectivity index (χ0v) is 15.2. The van der Waals surface area contributed by atoms with Gasteiger partial charge >= 0.3 is 0 Å². The van der Waals surface area contributed by atoms with Gasteiger partial charge in [-0.25, -0.2) is 9.37 Å². The second kappa shape index (κ2) is 8.67. The van der Waals surface area contributed by atoms with E-state index in [0.717, 1.165) is 6.42 Å². The first kappa shape index (κ1) is 19.0. The molecule has 5 nitrogen and oxygen atoms in total. The van der Waals surface area contributed by atoms with Gasteiger partial charge in [-0.3, -0.25) is 4.79 Å². The molecule has 1 unspecified atom stereocenters. The highest BCUT2D eigenvalue weighted by atomic mass is 35.5. The van der Waals surface area contributed by atoms with Crippen molar-refractivity contribution in [2.75, 3.05) is 12.4 Å². The second-order valence-electron chi connectivity index (χ2n) is 5.62. The summed E-state index contributed by atoms with van der Waals surface area (Å²) in [5, 5.41) is 6.22. The van der Waals surface area contributed by atoms with Gasteiger partial charge in [-0.1, -0.05) is 24.6 Å². The van der Waals surface area contributed by atoms with E-state index >= 15 is 0 Å². The summed E-state index contributed by atoms with van der Waals surface area (Å²) in [6.07, 6.45) is 2.42. The Hall–Kier alpha value is -2.34. The van der Waals surface area contributed by atoms with Crippen molar-refractivity contribution in [2.45, 2.75) is 32.9 Å². The lowest BCUT2D eigenvalue weighted by Crippen LogP contribution is -2.26. The molecule has 0 radical (unpaired) electrons. The molecular formula is C18H21ClFN3O2. The number of methoxy groups -OCH3 is 1. The molecule has 1 heterocycles. The van der Waals surface area contributed by atoms with Crippen LogP contribution in [0.3, 0.4) is 0 Å². The van der Waals surface area contributed by atoms with Crippen molar-refractivity contribution in [1.29, 1.82) is 0 Å². The van der Waals surface area contributed by atoms with E-state index in [9.17, 15) is 9.18 Å². The molecule has 2 aromatic rings. The minimum atomic E-state index is -0.479. The van der Waals surface area contributed by atoms with Crippen LogP contribution in [0.25, 0.3) is 0 Å². The molecule has 0 saturated carbocycles. The summed E-state index contributed by atoms with van der Waals surface area (Å²) in [7, 11) is 1.40. The SMILES string of the molecule is CCC(C)Nc1nccc(Cl)c1C(=O)NCc1ccc(OC)c(F)c1. The largest absolute Gasteiger partial charge is 0.494 e. The first-order chi connectivity index (χ1) is 12.0. The third-order valence-electron chi connectivity index (χ3n) is 3.79. The van der Waals surface area contributed by atoms with Crippen molar-refractivity contribution in [2.24, 2.45) is 0 Å². The molecule has 0 saturated heterocycles. The number of ether oxygens (including phenoxy) is 1. The van der Waals surface area contributed by atoms with E-state index in [1.165, 1.54) is 19.2 Å². The predicted molar refractivity (Wildman–Crippen MR) is 96.7 cm³/mol. The summed E-state index contributed by atoms with van der Waals surface area (Å²) in [4.78, 5) is 16.8. The Kier molecular flexibility index (Phi) is 6.58. The molecule has 0 bridgehead atoms. The summed E-state index contributed by atoms with van der Waals surface area (Å²) < 4.78 is 18.6. The number of hydrogen-bond acceptors (Lipinski definition) is 4. The van der Waals surface area contributed by atoms with Crippen LogP contribution in [0.4, 0.5) is 10.2 Å². The maximum atomic E-state index is 13.7. The highest BCUT2D eigenvalue weighted by Crippen LogP contribution is 2.23. The van der Waals surface area contributed by atoms with Gasteiger partial charge in [-0.05, 0) is 37.1 Å². The lowest BCUT2D eigenvalue weighted by atomic mass is 10.1. The van der Waals surface area contributed by atoms with Gasteiger partial charge in [-0.15, -0.1) is 0 Å². The van der Waals surface area contributed by atoms with Crippen molar-refractivity contribution >= 4 is 23.3 Å². The molecule has 0 aliphatic rings. The number of pyridine rings is 1. The molecule has 2 N–H and O–H groups in total. The predicted octanol–water partition coefficient (Wildman–Crippen LogP) is 4.02. The Morgan fingerprint density at radius 3 is 2.80 bits per heavy atom. The van der Waals surface area contributed by atoms with Gasteiger partial charge in [0.05, 0.1) is 12.1 Å². The Bertz CT molecular complexity index is 755. The van der Waals surface area contributed by atoms with Gasteiger partial charge in [0, 0.05) is 18.8 Å². The Labute approximate surface area is 151 Å². The van der Waals surface area contributed by atoms with Crippen molar-refractivity contribution < 1.29 is 13.9 Å². The summed E-state index contributed by atoms with van der Waals surface area (Å²) in [6, 6.07) is 6.23. The summed E-state index contributed by atoms with van der Waals surface area (Å²) in [5.74, 6) is -0.265. The van der Waals surface area contributed by atoms with E-state index in [-0.39, 0.29) is 29.8 Å². The van der Waals surface area contributed by atoms with Crippen molar-refractivity contribution in [1.82, 2.24) is 10.3 Å². The molecule has 1 atom stereocenters. The fourth-order valence-electron chi connectivity index (χ4n) is 2.19. The van der Waals surface area contributed by atoms with Crippen LogP contribution in [0.2, 0.25) is 5.02 Å². The maximum Gasteiger partial charge on any atom is 0.256 e. The molecule has 2 rings (SSSR count). The lowest BCUT2D eigenvalue weighted by Gasteiger charge is -2.16. The molecular weight excluding hydrogens is 345 g/mol. The number of benzene rings is 1. The molecule has 1 aromatic carbocycles. The smallest absolute Gasteiger partial charge is 0.256 e. The third kappa shape index (κ3) is 4.82. The number of nitrogens with zero attached hydrogens (tertiary/aromatic N) is 1. The normalized spacial score (nSPS) is 11.7. The number of hydrogen-bond donors (Lipinski definition) is 2. The van der Waals surface area contributed by atoms with E-state index in [1.54, 1.807) is 18.3 Å². The van der Waals surface area contributed by atoms with Gasteiger partial charge in [0.2, 0.25) is 0 Å². The molecule has 0 fully saturated rings. The highest BCUT2D eigenvalue weighted by Gasteiger charge is 2.18. The number of anilines is 1. The molecule has 25 heavy (non-hydrogen) atoms. The average molecular weight is 366 g/mol. The number of carbonyl (C=O) groups excluding carboxylic acids is 1. The van der Waals surface area contributed by atoms with Crippen molar-refractivity contribution in [3.05, 3.63) is 52.4 Å². The second-order valence-corrected chi connectivity index (χ2v) is 6.03. The van der Waals surface area contributed by atoms with Crippen molar-refractivity contribution in [3.8, 4) is 5.75 Å². The molecule has 7 heteroatoms. The average Bonchev–Trinajstić information content (AvgIpc) is 2.59. The molecule has 134 valence electrons.